The highest BCUT2D eigenvalue weighted by atomic mass is 35.5. The molecule has 0 saturated carbocycles. The number of para-hydroxylation sites is 2. The van der Waals surface area contributed by atoms with Crippen LogP contribution in [0, 0.1) is 6.92 Å². The molecule has 7 nitrogen and oxygen atoms in total. The molecule has 0 spiro atoms. The Morgan fingerprint density at radius 1 is 1.03 bits per heavy atom. The molecular formula is C21H21ClN6O. The van der Waals surface area contributed by atoms with Gasteiger partial charge >= 0.3 is 0 Å². The van der Waals surface area contributed by atoms with Gasteiger partial charge in [-0.15, -0.1) is 10.2 Å². The topological polar surface area (TPSA) is 84.2 Å². The summed E-state index contributed by atoms with van der Waals surface area (Å²) >= 11 is 5.84. The molecule has 1 amide bonds. The van der Waals surface area contributed by atoms with Gasteiger partial charge in [0, 0.05) is 23.7 Å². The minimum atomic E-state index is -0.0912. The van der Waals surface area contributed by atoms with Crippen molar-refractivity contribution in [1.29, 1.82) is 0 Å². The third-order valence-corrected chi connectivity index (χ3v) is 4.93. The van der Waals surface area contributed by atoms with Crippen LogP contribution in [0.2, 0.25) is 5.02 Å². The van der Waals surface area contributed by atoms with Crippen LogP contribution in [0.15, 0.2) is 48.5 Å². The van der Waals surface area contributed by atoms with Crippen LogP contribution in [0.1, 0.15) is 29.0 Å². The zero-order valence-electron chi connectivity index (χ0n) is 16.0. The average Bonchev–Trinajstić information content (AvgIpc) is 3.13. The van der Waals surface area contributed by atoms with Crippen molar-refractivity contribution >= 4 is 40.0 Å². The zero-order chi connectivity index (χ0) is 20.2. The standard InChI is InChI=1S/C21H21ClN6O/c1-14-26-27-20-19(25-17-6-2-3-7-18(17)28(14)20)23-12-4-5-13-24-21(29)15-8-10-16(22)11-9-15/h2-3,6-11H,4-5,12-13H2,1H3,(H,23,25)(H,24,29). The summed E-state index contributed by atoms with van der Waals surface area (Å²) in [5, 5.41) is 15.4. The molecule has 0 unspecified atom stereocenters. The molecule has 0 aliphatic carbocycles. The lowest BCUT2D eigenvalue weighted by Gasteiger charge is -2.10. The van der Waals surface area contributed by atoms with Crippen molar-refractivity contribution in [2.45, 2.75) is 19.8 Å². The van der Waals surface area contributed by atoms with Gasteiger partial charge in [-0.25, -0.2) is 4.98 Å². The molecule has 2 aromatic carbocycles. The summed E-state index contributed by atoms with van der Waals surface area (Å²) in [5.41, 5.74) is 3.20. The molecule has 0 aliphatic rings. The van der Waals surface area contributed by atoms with Crippen LogP contribution < -0.4 is 10.6 Å². The van der Waals surface area contributed by atoms with Gasteiger partial charge in [-0.1, -0.05) is 23.7 Å². The molecule has 0 bridgehead atoms. The van der Waals surface area contributed by atoms with Gasteiger partial charge in [0.1, 0.15) is 5.82 Å². The number of benzene rings is 2. The van der Waals surface area contributed by atoms with Gasteiger partial charge in [-0.05, 0) is 56.2 Å². The van der Waals surface area contributed by atoms with E-state index < -0.39 is 0 Å². The largest absolute Gasteiger partial charge is 0.367 e. The molecule has 2 N–H and O–H groups in total. The first kappa shape index (κ1) is 19.1. The first-order valence-corrected chi connectivity index (χ1v) is 9.89. The highest BCUT2D eigenvalue weighted by molar-refractivity contribution is 6.30. The third-order valence-electron chi connectivity index (χ3n) is 4.68. The molecule has 2 heterocycles. The smallest absolute Gasteiger partial charge is 0.251 e. The Hall–Kier alpha value is -3.19. The molecular weight excluding hydrogens is 388 g/mol. The highest BCUT2D eigenvalue weighted by Crippen LogP contribution is 2.21. The minimum absolute atomic E-state index is 0.0912. The Morgan fingerprint density at radius 2 is 1.79 bits per heavy atom. The number of amides is 1. The van der Waals surface area contributed by atoms with Crippen molar-refractivity contribution in [2.75, 3.05) is 18.4 Å². The van der Waals surface area contributed by atoms with Crippen LogP contribution in [0.25, 0.3) is 16.7 Å². The number of aromatic nitrogens is 4. The number of fused-ring (bicyclic) bond motifs is 3. The average molecular weight is 409 g/mol. The number of nitrogens with one attached hydrogen (secondary N) is 2. The van der Waals surface area contributed by atoms with Crippen molar-refractivity contribution in [3.8, 4) is 0 Å². The molecule has 4 aromatic rings. The second-order valence-corrected chi connectivity index (χ2v) is 7.19. The van der Waals surface area contributed by atoms with Gasteiger partial charge < -0.3 is 10.6 Å². The highest BCUT2D eigenvalue weighted by Gasteiger charge is 2.12. The Balaban J connectivity index is 1.32. The van der Waals surface area contributed by atoms with Gasteiger partial charge in [0.2, 0.25) is 5.65 Å². The van der Waals surface area contributed by atoms with Gasteiger partial charge in [0.25, 0.3) is 5.91 Å². The Labute approximate surface area is 173 Å². The molecule has 0 aliphatic heterocycles. The number of halogens is 1. The van der Waals surface area contributed by atoms with Crippen molar-refractivity contribution < 1.29 is 4.79 Å². The second-order valence-electron chi connectivity index (χ2n) is 6.75. The SMILES string of the molecule is Cc1nnc2c(NCCCCNC(=O)c3ccc(Cl)cc3)nc3ccccc3n12. The lowest BCUT2D eigenvalue weighted by Crippen LogP contribution is -2.24. The summed E-state index contributed by atoms with van der Waals surface area (Å²) in [6.07, 6.45) is 1.73. The molecule has 29 heavy (non-hydrogen) atoms. The van der Waals surface area contributed by atoms with Gasteiger partial charge in [-0.2, -0.15) is 0 Å². The van der Waals surface area contributed by atoms with Crippen molar-refractivity contribution in [3.05, 3.63) is 64.9 Å². The summed E-state index contributed by atoms with van der Waals surface area (Å²) in [5.74, 6) is 1.45. The van der Waals surface area contributed by atoms with E-state index in [-0.39, 0.29) is 5.91 Å². The van der Waals surface area contributed by atoms with E-state index in [1.807, 2.05) is 35.6 Å². The number of unbranched alkanes of at least 4 members (excludes halogenated alkanes) is 1. The van der Waals surface area contributed by atoms with Crippen LogP contribution >= 0.6 is 11.6 Å². The fourth-order valence-electron chi connectivity index (χ4n) is 3.20. The summed E-state index contributed by atoms with van der Waals surface area (Å²) in [6.45, 7) is 3.26. The lowest BCUT2D eigenvalue weighted by atomic mass is 10.2. The maximum atomic E-state index is 12.1. The van der Waals surface area contributed by atoms with Crippen molar-refractivity contribution in [3.63, 3.8) is 0 Å². The van der Waals surface area contributed by atoms with Crippen LogP contribution in [0.3, 0.4) is 0 Å². The number of anilines is 1. The molecule has 0 radical (unpaired) electrons. The van der Waals surface area contributed by atoms with E-state index in [4.69, 9.17) is 16.6 Å². The quantitative estimate of drug-likeness (QED) is 0.453. The number of hydrogen-bond donors (Lipinski definition) is 2. The monoisotopic (exact) mass is 408 g/mol. The molecule has 0 fully saturated rings. The minimum Gasteiger partial charge on any atom is -0.367 e. The lowest BCUT2D eigenvalue weighted by molar-refractivity contribution is 0.0953. The number of carbonyl (C=O) groups is 1. The van der Waals surface area contributed by atoms with Crippen LogP contribution in [0.5, 0.6) is 0 Å². The molecule has 0 saturated heterocycles. The molecule has 8 heteroatoms. The van der Waals surface area contributed by atoms with Gasteiger partial charge in [0.05, 0.1) is 11.0 Å². The number of carbonyl (C=O) groups excluding carboxylic acids is 1. The summed E-state index contributed by atoms with van der Waals surface area (Å²) in [7, 11) is 0. The van der Waals surface area contributed by atoms with E-state index >= 15 is 0 Å². The Morgan fingerprint density at radius 3 is 2.62 bits per heavy atom. The van der Waals surface area contributed by atoms with Gasteiger partial charge in [0.15, 0.2) is 5.82 Å². The van der Waals surface area contributed by atoms with Crippen molar-refractivity contribution in [2.24, 2.45) is 0 Å². The molecule has 2 aromatic heterocycles. The first-order chi connectivity index (χ1) is 14.1. The Bertz CT molecular complexity index is 1160. The van der Waals surface area contributed by atoms with E-state index in [0.29, 0.717) is 17.1 Å². The molecule has 4 rings (SSSR count). The maximum Gasteiger partial charge on any atom is 0.251 e. The second kappa shape index (κ2) is 8.45. The number of aryl methyl sites for hydroxylation is 1. The zero-order valence-corrected chi connectivity index (χ0v) is 16.8. The van der Waals surface area contributed by atoms with E-state index in [9.17, 15) is 4.79 Å². The number of rotatable bonds is 7. The fourth-order valence-corrected chi connectivity index (χ4v) is 3.33. The first-order valence-electron chi connectivity index (χ1n) is 9.51. The Kier molecular flexibility index (Phi) is 5.57. The number of nitrogens with zero attached hydrogens (tertiary/aromatic N) is 4. The summed E-state index contributed by atoms with van der Waals surface area (Å²) in [6, 6.07) is 14.8. The van der Waals surface area contributed by atoms with E-state index in [1.54, 1.807) is 24.3 Å². The normalized spacial score (nSPS) is 11.1. The summed E-state index contributed by atoms with van der Waals surface area (Å²) in [4.78, 5) is 16.8. The van der Waals surface area contributed by atoms with Crippen LogP contribution in [0.4, 0.5) is 5.82 Å². The fraction of sp³-hybridized carbons (Fsp3) is 0.238. The maximum absolute atomic E-state index is 12.1. The molecule has 0 atom stereocenters. The summed E-state index contributed by atoms with van der Waals surface area (Å²) < 4.78 is 2.01. The van der Waals surface area contributed by atoms with E-state index in [2.05, 4.69) is 20.8 Å². The van der Waals surface area contributed by atoms with E-state index in [0.717, 1.165) is 47.7 Å². The van der Waals surface area contributed by atoms with Crippen LogP contribution in [-0.4, -0.2) is 38.6 Å². The van der Waals surface area contributed by atoms with E-state index in [1.165, 1.54) is 0 Å². The van der Waals surface area contributed by atoms with Crippen LogP contribution in [-0.2, 0) is 0 Å². The number of hydrogen-bond acceptors (Lipinski definition) is 5. The van der Waals surface area contributed by atoms with Crippen molar-refractivity contribution in [1.82, 2.24) is 24.9 Å². The molecule has 148 valence electrons. The predicted molar refractivity (Wildman–Crippen MR) is 115 cm³/mol. The van der Waals surface area contributed by atoms with Gasteiger partial charge in [-0.3, -0.25) is 9.20 Å². The third kappa shape index (κ3) is 4.14. The predicted octanol–water partition coefficient (Wildman–Crippen LogP) is 3.86.